The molecule has 1 aliphatic heterocycles. The Kier molecular flexibility index (Phi) is 6.11. The van der Waals surface area contributed by atoms with Gasteiger partial charge in [0.05, 0.1) is 24.6 Å². The van der Waals surface area contributed by atoms with E-state index in [4.69, 9.17) is 26.8 Å². The van der Waals surface area contributed by atoms with Crippen molar-refractivity contribution in [2.75, 3.05) is 26.3 Å². The van der Waals surface area contributed by atoms with Crippen molar-refractivity contribution >= 4 is 23.4 Å². The number of hydrogen-bond acceptors (Lipinski definition) is 5. The number of nitrogens with zero attached hydrogens (tertiary/aromatic N) is 2. The summed E-state index contributed by atoms with van der Waals surface area (Å²) in [4.78, 5) is 30.0. The Labute approximate surface area is 166 Å². The van der Waals surface area contributed by atoms with Gasteiger partial charge < -0.3 is 20.1 Å². The number of ether oxygens (including phenoxy) is 2. The fraction of sp³-hybridized carbons (Fsp3) is 0.316. The van der Waals surface area contributed by atoms with Gasteiger partial charge >= 0.3 is 0 Å². The molecular formula is C19H19ClFN3O4. The van der Waals surface area contributed by atoms with Gasteiger partial charge in [-0.05, 0) is 36.4 Å². The average Bonchev–Trinajstić information content (AvgIpc) is 2.67. The second-order valence-corrected chi connectivity index (χ2v) is 6.94. The summed E-state index contributed by atoms with van der Waals surface area (Å²) in [6.45, 7) is 0.610. The largest absolute Gasteiger partial charge is 0.490 e. The lowest BCUT2D eigenvalue weighted by Gasteiger charge is -2.41. The van der Waals surface area contributed by atoms with Crippen LogP contribution in [0.1, 0.15) is 16.9 Å². The third-order valence-corrected chi connectivity index (χ3v) is 4.52. The van der Waals surface area contributed by atoms with E-state index in [2.05, 4.69) is 4.98 Å². The van der Waals surface area contributed by atoms with Crippen molar-refractivity contribution in [2.45, 2.75) is 12.0 Å². The number of rotatable bonds is 6. The summed E-state index contributed by atoms with van der Waals surface area (Å²) < 4.78 is 24.6. The molecule has 2 heterocycles. The van der Waals surface area contributed by atoms with Gasteiger partial charge in [0.2, 0.25) is 5.91 Å². The van der Waals surface area contributed by atoms with Crippen LogP contribution in [-0.2, 0) is 9.53 Å². The minimum Gasteiger partial charge on any atom is -0.490 e. The number of benzene rings is 1. The fourth-order valence-corrected chi connectivity index (χ4v) is 3.10. The highest BCUT2D eigenvalue weighted by Crippen LogP contribution is 2.25. The molecule has 1 unspecified atom stereocenters. The second kappa shape index (κ2) is 8.53. The summed E-state index contributed by atoms with van der Waals surface area (Å²) in [7, 11) is 0. The van der Waals surface area contributed by atoms with E-state index in [-0.39, 0.29) is 43.6 Å². The number of carbonyl (C=O) groups is 2. The number of aromatic nitrogens is 1. The third kappa shape index (κ3) is 4.96. The molecule has 7 nitrogen and oxygen atoms in total. The van der Waals surface area contributed by atoms with E-state index in [1.54, 1.807) is 6.07 Å². The highest BCUT2D eigenvalue weighted by Gasteiger charge is 2.41. The maximum atomic E-state index is 13.1. The fourth-order valence-electron chi connectivity index (χ4n) is 2.99. The van der Waals surface area contributed by atoms with Crippen molar-refractivity contribution in [3.05, 3.63) is 59.1 Å². The van der Waals surface area contributed by atoms with Gasteiger partial charge in [0.1, 0.15) is 29.5 Å². The molecule has 0 aliphatic carbocycles. The van der Waals surface area contributed by atoms with Crippen LogP contribution in [0.2, 0.25) is 5.02 Å². The number of primary amides is 1. The molecule has 1 atom stereocenters. The minimum atomic E-state index is -1.11. The first-order valence-electron chi connectivity index (χ1n) is 8.58. The van der Waals surface area contributed by atoms with Crippen LogP contribution < -0.4 is 10.5 Å². The maximum Gasteiger partial charge on any atom is 0.272 e. The predicted molar refractivity (Wildman–Crippen MR) is 99.5 cm³/mol. The molecule has 9 heteroatoms. The topological polar surface area (TPSA) is 94.8 Å². The first-order chi connectivity index (χ1) is 13.4. The van der Waals surface area contributed by atoms with Gasteiger partial charge in [0, 0.05) is 12.7 Å². The van der Waals surface area contributed by atoms with Gasteiger partial charge in [-0.2, -0.15) is 0 Å². The third-order valence-electron chi connectivity index (χ3n) is 4.29. The first-order valence-corrected chi connectivity index (χ1v) is 8.96. The average molecular weight is 408 g/mol. The van der Waals surface area contributed by atoms with Gasteiger partial charge in [-0.1, -0.05) is 11.6 Å². The van der Waals surface area contributed by atoms with Crippen LogP contribution in [0.3, 0.4) is 0 Å². The summed E-state index contributed by atoms with van der Waals surface area (Å²) in [5.41, 5.74) is 4.52. The highest BCUT2D eigenvalue weighted by atomic mass is 35.5. The molecule has 1 saturated heterocycles. The van der Waals surface area contributed by atoms with E-state index in [1.807, 2.05) is 0 Å². The Hall–Kier alpha value is -2.71. The number of nitrogens with two attached hydrogens (primary N) is 1. The molecule has 0 radical (unpaired) electrons. The molecule has 148 valence electrons. The summed E-state index contributed by atoms with van der Waals surface area (Å²) in [6.07, 6.45) is 1.26. The zero-order valence-electron chi connectivity index (χ0n) is 14.9. The van der Waals surface area contributed by atoms with Crippen molar-refractivity contribution in [1.29, 1.82) is 0 Å². The number of halogens is 2. The normalized spacial score (nSPS) is 19.3. The zero-order valence-corrected chi connectivity index (χ0v) is 15.7. The van der Waals surface area contributed by atoms with E-state index in [0.29, 0.717) is 17.3 Å². The van der Waals surface area contributed by atoms with Gasteiger partial charge in [-0.3, -0.25) is 9.59 Å². The summed E-state index contributed by atoms with van der Waals surface area (Å²) in [6, 6.07) is 8.58. The number of amides is 2. The molecule has 0 bridgehead atoms. The van der Waals surface area contributed by atoms with Crippen molar-refractivity contribution < 1.29 is 23.5 Å². The molecular weight excluding hydrogens is 389 g/mol. The summed E-state index contributed by atoms with van der Waals surface area (Å²) in [5.74, 6) is -0.866. The Morgan fingerprint density at radius 2 is 2.04 bits per heavy atom. The highest BCUT2D eigenvalue weighted by molar-refractivity contribution is 6.30. The Balaban J connectivity index is 1.75. The van der Waals surface area contributed by atoms with E-state index >= 15 is 0 Å². The molecule has 1 fully saturated rings. The first kappa shape index (κ1) is 20.0. The van der Waals surface area contributed by atoms with Gasteiger partial charge in [0.25, 0.3) is 5.91 Å². The van der Waals surface area contributed by atoms with Gasteiger partial charge in [0.15, 0.2) is 0 Å². The van der Waals surface area contributed by atoms with Crippen LogP contribution in [0.15, 0.2) is 42.6 Å². The molecule has 1 aliphatic rings. The van der Waals surface area contributed by atoms with Gasteiger partial charge in [-0.15, -0.1) is 0 Å². The van der Waals surface area contributed by atoms with Gasteiger partial charge in [-0.25, -0.2) is 9.37 Å². The number of pyridine rings is 1. The van der Waals surface area contributed by atoms with E-state index in [1.165, 1.54) is 41.4 Å². The molecule has 2 aromatic rings. The number of carbonyl (C=O) groups excluding carboxylic acids is 2. The number of hydrogen-bond donors (Lipinski definition) is 1. The minimum absolute atomic E-state index is 0.0284. The van der Waals surface area contributed by atoms with Crippen LogP contribution in [-0.4, -0.2) is 53.6 Å². The molecule has 2 amide bonds. The standard InChI is InChI=1S/C19H19ClFN3O4/c20-13-1-6-16(23-10-13)18(26)24-7-8-28-19(11-24,9-17(22)25)12-27-15-4-2-14(21)3-5-15/h1-6,10H,7-9,11-12H2,(H2,22,25). The second-order valence-electron chi connectivity index (χ2n) is 6.51. The summed E-state index contributed by atoms with van der Waals surface area (Å²) in [5, 5.41) is 0.425. The molecule has 0 saturated carbocycles. The molecule has 1 aromatic heterocycles. The Morgan fingerprint density at radius 1 is 1.29 bits per heavy atom. The lowest BCUT2D eigenvalue weighted by atomic mass is 9.97. The number of morpholine rings is 1. The van der Waals surface area contributed by atoms with Crippen LogP contribution in [0, 0.1) is 5.82 Å². The van der Waals surface area contributed by atoms with Crippen LogP contribution in [0.4, 0.5) is 4.39 Å². The van der Waals surface area contributed by atoms with Crippen molar-refractivity contribution in [1.82, 2.24) is 9.88 Å². The Morgan fingerprint density at radius 3 is 2.68 bits per heavy atom. The molecule has 1 aromatic carbocycles. The maximum absolute atomic E-state index is 13.1. The zero-order chi connectivity index (χ0) is 20.1. The van der Waals surface area contributed by atoms with E-state index < -0.39 is 11.5 Å². The van der Waals surface area contributed by atoms with E-state index in [9.17, 15) is 14.0 Å². The van der Waals surface area contributed by atoms with Crippen molar-refractivity contribution in [3.8, 4) is 5.75 Å². The van der Waals surface area contributed by atoms with Crippen LogP contribution >= 0.6 is 11.6 Å². The summed E-state index contributed by atoms with van der Waals surface area (Å²) >= 11 is 5.82. The predicted octanol–water partition coefficient (Wildman–Crippen LogP) is 2.04. The van der Waals surface area contributed by atoms with Crippen LogP contribution in [0.25, 0.3) is 0 Å². The molecule has 3 rings (SSSR count). The monoisotopic (exact) mass is 407 g/mol. The lowest BCUT2D eigenvalue weighted by molar-refractivity contribution is -0.142. The van der Waals surface area contributed by atoms with Crippen LogP contribution in [0.5, 0.6) is 5.75 Å². The SMILES string of the molecule is NC(=O)CC1(COc2ccc(F)cc2)CN(C(=O)c2ccc(Cl)cn2)CCO1. The molecule has 28 heavy (non-hydrogen) atoms. The van der Waals surface area contributed by atoms with Crippen molar-refractivity contribution in [2.24, 2.45) is 5.73 Å². The quantitative estimate of drug-likeness (QED) is 0.790. The lowest BCUT2D eigenvalue weighted by Crippen LogP contribution is -2.58. The Bertz CT molecular complexity index is 847. The smallest absolute Gasteiger partial charge is 0.272 e. The molecule has 0 spiro atoms. The molecule has 2 N–H and O–H groups in total. The van der Waals surface area contributed by atoms with Crippen molar-refractivity contribution in [3.63, 3.8) is 0 Å². The van der Waals surface area contributed by atoms with E-state index in [0.717, 1.165) is 0 Å².